The van der Waals surface area contributed by atoms with Gasteiger partial charge in [0, 0.05) is 25.8 Å². The van der Waals surface area contributed by atoms with Gasteiger partial charge in [-0.15, -0.1) is 6.58 Å². The molecule has 138 valence electrons. The lowest BCUT2D eigenvalue weighted by Crippen LogP contribution is -2.40. The third-order valence-corrected chi connectivity index (χ3v) is 4.64. The lowest BCUT2D eigenvalue weighted by molar-refractivity contribution is -0.107. The molecule has 0 N–H and O–H groups in total. The Morgan fingerprint density at radius 3 is 3.00 bits per heavy atom. The molecule has 9 heteroatoms. The number of carbonyl (C=O) groups is 2. The fourth-order valence-electron chi connectivity index (χ4n) is 3.34. The first-order valence-electron chi connectivity index (χ1n) is 8.63. The topological polar surface area (TPSA) is 80.1 Å². The SMILES string of the molecule is C=CCON1C(=O)N2CC(n3ccc(C(=O)N4CCOCC4)n3)=CC1C2. The van der Waals surface area contributed by atoms with Crippen LogP contribution in [-0.2, 0) is 9.57 Å². The van der Waals surface area contributed by atoms with E-state index in [0.717, 1.165) is 5.70 Å². The second-order valence-electron chi connectivity index (χ2n) is 6.35. The lowest BCUT2D eigenvalue weighted by Gasteiger charge is -2.26. The largest absolute Gasteiger partial charge is 0.378 e. The number of urea groups is 1. The molecule has 4 rings (SSSR count). The van der Waals surface area contributed by atoms with Gasteiger partial charge >= 0.3 is 6.03 Å². The first-order valence-corrected chi connectivity index (χ1v) is 8.63. The summed E-state index contributed by atoms with van der Waals surface area (Å²) in [7, 11) is 0. The van der Waals surface area contributed by atoms with Crippen LogP contribution in [0.4, 0.5) is 4.79 Å². The van der Waals surface area contributed by atoms with Gasteiger partial charge in [0.05, 0.1) is 38.1 Å². The van der Waals surface area contributed by atoms with Crippen LogP contribution in [0.3, 0.4) is 0 Å². The van der Waals surface area contributed by atoms with Crippen LogP contribution < -0.4 is 0 Å². The van der Waals surface area contributed by atoms with Crippen molar-refractivity contribution in [1.29, 1.82) is 0 Å². The maximum absolute atomic E-state index is 12.5. The number of nitrogens with zero attached hydrogens (tertiary/aromatic N) is 5. The van der Waals surface area contributed by atoms with E-state index in [1.807, 2.05) is 6.08 Å². The molecule has 0 aromatic carbocycles. The minimum atomic E-state index is -0.172. The highest BCUT2D eigenvalue weighted by Crippen LogP contribution is 2.26. The molecule has 2 saturated heterocycles. The summed E-state index contributed by atoms with van der Waals surface area (Å²) in [4.78, 5) is 33.8. The van der Waals surface area contributed by atoms with Crippen molar-refractivity contribution in [2.24, 2.45) is 0 Å². The van der Waals surface area contributed by atoms with E-state index < -0.39 is 0 Å². The van der Waals surface area contributed by atoms with Crippen LogP contribution in [0.25, 0.3) is 5.70 Å². The number of rotatable bonds is 5. The first kappa shape index (κ1) is 16.8. The Balaban J connectivity index is 1.50. The molecule has 2 bridgehead atoms. The van der Waals surface area contributed by atoms with Gasteiger partial charge in [-0.05, 0) is 12.1 Å². The Morgan fingerprint density at radius 2 is 2.23 bits per heavy atom. The highest BCUT2D eigenvalue weighted by Gasteiger charge is 2.41. The summed E-state index contributed by atoms with van der Waals surface area (Å²) >= 11 is 0. The minimum absolute atomic E-state index is 0.0984. The lowest BCUT2D eigenvalue weighted by atomic mass is 10.2. The third-order valence-electron chi connectivity index (χ3n) is 4.64. The number of aromatic nitrogens is 2. The molecule has 0 spiro atoms. The summed E-state index contributed by atoms with van der Waals surface area (Å²) in [6.07, 6.45) is 5.32. The van der Waals surface area contributed by atoms with Crippen molar-refractivity contribution in [3.8, 4) is 0 Å². The second-order valence-corrected chi connectivity index (χ2v) is 6.35. The Hall–Kier alpha value is -2.65. The number of hydrogen-bond acceptors (Lipinski definition) is 5. The molecule has 26 heavy (non-hydrogen) atoms. The van der Waals surface area contributed by atoms with Crippen LogP contribution in [0.1, 0.15) is 10.5 Å². The third kappa shape index (κ3) is 2.99. The maximum Gasteiger partial charge on any atom is 0.345 e. The van der Waals surface area contributed by atoms with Crippen molar-refractivity contribution in [3.05, 3.63) is 36.7 Å². The van der Waals surface area contributed by atoms with E-state index in [9.17, 15) is 9.59 Å². The van der Waals surface area contributed by atoms with Crippen molar-refractivity contribution in [3.63, 3.8) is 0 Å². The van der Waals surface area contributed by atoms with Gasteiger partial charge in [-0.1, -0.05) is 6.08 Å². The fraction of sp³-hybridized carbons (Fsp3) is 0.471. The number of hydroxylamine groups is 2. The zero-order valence-electron chi connectivity index (χ0n) is 14.4. The molecule has 4 heterocycles. The van der Waals surface area contributed by atoms with Crippen LogP contribution in [0.2, 0.25) is 0 Å². The van der Waals surface area contributed by atoms with Gasteiger partial charge < -0.3 is 14.5 Å². The maximum atomic E-state index is 12.5. The Kier molecular flexibility index (Phi) is 4.48. The van der Waals surface area contributed by atoms with Crippen molar-refractivity contribution in [1.82, 2.24) is 24.6 Å². The number of ether oxygens (including phenoxy) is 1. The smallest absolute Gasteiger partial charge is 0.345 e. The van der Waals surface area contributed by atoms with Crippen LogP contribution >= 0.6 is 0 Å². The standard InChI is InChI=1S/C17H21N5O4/c1-2-7-26-22-14-10-13(11-20(12-14)17(22)24)21-4-3-15(18-21)16(23)19-5-8-25-9-6-19/h2-4,10,14H,1,5-9,11-12H2. The van der Waals surface area contributed by atoms with Gasteiger partial charge in [-0.2, -0.15) is 10.2 Å². The molecular formula is C17H21N5O4. The van der Waals surface area contributed by atoms with E-state index in [2.05, 4.69) is 11.7 Å². The minimum Gasteiger partial charge on any atom is -0.378 e. The summed E-state index contributed by atoms with van der Waals surface area (Å²) in [6, 6.07) is 1.37. The van der Waals surface area contributed by atoms with Crippen molar-refractivity contribution < 1.29 is 19.2 Å². The van der Waals surface area contributed by atoms with E-state index in [4.69, 9.17) is 9.57 Å². The Labute approximate surface area is 151 Å². The van der Waals surface area contributed by atoms with E-state index in [1.54, 1.807) is 32.8 Å². The van der Waals surface area contributed by atoms with Gasteiger partial charge in [0.15, 0.2) is 5.69 Å². The zero-order chi connectivity index (χ0) is 18.1. The van der Waals surface area contributed by atoms with Crippen LogP contribution in [0, 0.1) is 0 Å². The Bertz CT molecular complexity index is 752. The number of carbonyl (C=O) groups excluding carboxylic acids is 2. The van der Waals surface area contributed by atoms with Crippen molar-refractivity contribution in [2.45, 2.75) is 6.04 Å². The van der Waals surface area contributed by atoms with Crippen LogP contribution in [-0.4, -0.2) is 88.6 Å². The van der Waals surface area contributed by atoms with Crippen molar-refractivity contribution in [2.75, 3.05) is 46.0 Å². The molecular weight excluding hydrogens is 338 g/mol. The Morgan fingerprint density at radius 1 is 1.42 bits per heavy atom. The number of fused-ring (bicyclic) bond motifs is 2. The summed E-state index contributed by atoms with van der Waals surface area (Å²) in [5.41, 5.74) is 1.24. The number of morpholine rings is 1. The van der Waals surface area contributed by atoms with Gasteiger partial charge in [-0.25, -0.2) is 9.48 Å². The summed E-state index contributed by atoms with van der Waals surface area (Å²) in [5, 5.41) is 5.79. The summed E-state index contributed by atoms with van der Waals surface area (Å²) in [5.74, 6) is -0.0984. The number of hydrogen-bond donors (Lipinski definition) is 0. The fourth-order valence-corrected chi connectivity index (χ4v) is 3.34. The highest BCUT2D eigenvalue weighted by molar-refractivity contribution is 5.92. The van der Waals surface area contributed by atoms with E-state index in [-0.39, 0.29) is 24.6 Å². The molecule has 1 unspecified atom stereocenters. The van der Waals surface area contributed by atoms with E-state index >= 15 is 0 Å². The molecule has 0 saturated carbocycles. The highest BCUT2D eigenvalue weighted by atomic mass is 16.7. The molecule has 0 radical (unpaired) electrons. The quantitative estimate of drug-likeness (QED) is 0.713. The zero-order valence-corrected chi connectivity index (χ0v) is 14.4. The van der Waals surface area contributed by atoms with Gasteiger partial charge in [0.2, 0.25) is 0 Å². The molecule has 1 atom stereocenters. The molecule has 3 aliphatic heterocycles. The molecule has 2 fully saturated rings. The average Bonchev–Trinajstić information content (AvgIpc) is 3.25. The number of amides is 3. The average molecular weight is 359 g/mol. The molecule has 3 amide bonds. The van der Waals surface area contributed by atoms with E-state index in [0.29, 0.717) is 45.1 Å². The molecule has 9 nitrogen and oxygen atoms in total. The van der Waals surface area contributed by atoms with Crippen molar-refractivity contribution >= 4 is 17.6 Å². The summed E-state index contributed by atoms with van der Waals surface area (Å²) < 4.78 is 6.94. The summed E-state index contributed by atoms with van der Waals surface area (Å²) in [6.45, 7) is 7.15. The van der Waals surface area contributed by atoms with Gasteiger partial charge in [-0.3, -0.25) is 9.63 Å². The normalized spacial score (nSPS) is 22.6. The predicted molar refractivity (Wildman–Crippen MR) is 92.0 cm³/mol. The van der Waals surface area contributed by atoms with E-state index in [1.165, 1.54) is 5.06 Å². The predicted octanol–water partition coefficient (Wildman–Crippen LogP) is 0.434. The molecule has 3 aliphatic rings. The monoisotopic (exact) mass is 359 g/mol. The van der Waals surface area contributed by atoms with Gasteiger partial charge in [0.25, 0.3) is 5.91 Å². The molecule has 1 aromatic heterocycles. The molecule has 1 aromatic rings. The van der Waals surface area contributed by atoms with Crippen LogP contribution in [0.15, 0.2) is 31.0 Å². The molecule has 0 aliphatic carbocycles. The first-order chi connectivity index (χ1) is 12.7. The van der Waals surface area contributed by atoms with Gasteiger partial charge in [0.1, 0.15) is 0 Å². The second kappa shape index (κ2) is 6.93. The van der Waals surface area contributed by atoms with Crippen LogP contribution in [0.5, 0.6) is 0 Å².